The van der Waals surface area contributed by atoms with E-state index in [9.17, 15) is 4.79 Å². The standard InChI is InChI=1S/C14H19ClN2O2/c1-2-19-11-5-7-17(8-6-11)14(18)12-4-3-10(16)9-13(12)15/h3-4,9,11H,2,5-8,16H2,1H3. The van der Waals surface area contributed by atoms with Crippen LogP contribution in [0.3, 0.4) is 0 Å². The van der Waals surface area contributed by atoms with Crippen LogP contribution in [0.25, 0.3) is 0 Å². The highest BCUT2D eigenvalue weighted by atomic mass is 35.5. The molecule has 104 valence electrons. The summed E-state index contributed by atoms with van der Waals surface area (Å²) in [5.74, 6) is -0.0278. The molecule has 1 aliphatic rings. The number of carbonyl (C=O) groups excluding carboxylic acids is 1. The van der Waals surface area contributed by atoms with Gasteiger partial charge in [-0.1, -0.05) is 11.6 Å². The van der Waals surface area contributed by atoms with E-state index in [1.807, 2.05) is 11.8 Å². The van der Waals surface area contributed by atoms with E-state index in [0.717, 1.165) is 19.4 Å². The molecular formula is C14H19ClN2O2. The molecule has 1 saturated heterocycles. The van der Waals surface area contributed by atoms with Gasteiger partial charge in [0.25, 0.3) is 5.91 Å². The lowest BCUT2D eigenvalue weighted by Gasteiger charge is -2.32. The number of halogens is 1. The van der Waals surface area contributed by atoms with Crippen LogP contribution in [0, 0.1) is 0 Å². The van der Waals surface area contributed by atoms with Crippen LogP contribution < -0.4 is 5.73 Å². The molecule has 1 heterocycles. The number of hydrogen-bond acceptors (Lipinski definition) is 3. The van der Waals surface area contributed by atoms with Crippen LogP contribution in [0.4, 0.5) is 5.69 Å². The first-order valence-electron chi connectivity index (χ1n) is 6.57. The van der Waals surface area contributed by atoms with E-state index in [1.54, 1.807) is 18.2 Å². The molecule has 1 fully saturated rings. The fraction of sp³-hybridized carbons (Fsp3) is 0.500. The van der Waals surface area contributed by atoms with E-state index in [1.165, 1.54) is 0 Å². The van der Waals surface area contributed by atoms with Crippen LogP contribution in [0.1, 0.15) is 30.1 Å². The molecule has 0 unspecified atom stereocenters. The highest BCUT2D eigenvalue weighted by Gasteiger charge is 2.24. The number of benzene rings is 1. The Morgan fingerprint density at radius 2 is 2.16 bits per heavy atom. The molecule has 0 bridgehead atoms. The van der Waals surface area contributed by atoms with Crippen LogP contribution in [0.2, 0.25) is 5.02 Å². The van der Waals surface area contributed by atoms with Gasteiger partial charge >= 0.3 is 0 Å². The molecule has 0 radical (unpaired) electrons. The number of likely N-dealkylation sites (tertiary alicyclic amines) is 1. The van der Waals surface area contributed by atoms with Crippen LogP contribution in [-0.4, -0.2) is 36.6 Å². The minimum absolute atomic E-state index is 0.0278. The van der Waals surface area contributed by atoms with Gasteiger partial charge in [0.1, 0.15) is 0 Å². The topological polar surface area (TPSA) is 55.6 Å². The fourth-order valence-electron chi connectivity index (χ4n) is 2.34. The van der Waals surface area contributed by atoms with E-state index in [2.05, 4.69) is 0 Å². The van der Waals surface area contributed by atoms with Crippen molar-refractivity contribution in [2.75, 3.05) is 25.4 Å². The van der Waals surface area contributed by atoms with Crippen LogP contribution >= 0.6 is 11.6 Å². The number of carbonyl (C=O) groups is 1. The molecular weight excluding hydrogens is 264 g/mol. The zero-order chi connectivity index (χ0) is 13.8. The maximum atomic E-state index is 12.4. The van der Waals surface area contributed by atoms with Gasteiger partial charge in [0, 0.05) is 25.4 Å². The summed E-state index contributed by atoms with van der Waals surface area (Å²) >= 11 is 6.07. The van der Waals surface area contributed by atoms with Gasteiger partial charge in [0.15, 0.2) is 0 Å². The molecule has 5 heteroatoms. The molecule has 2 rings (SSSR count). The normalized spacial score (nSPS) is 16.6. The summed E-state index contributed by atoms with van der Waals surface area (Å²) in [7, 11) is 0. The Bertz CT molecular complexity index is 457. The molecule has 19 heavy (non-hydrogen) atoms. The minimum atomic E-state index is -0.0278. The van der Waals surface area contributed by atoms with Crippen LogP contribution in [0.15, 0.2) is 18.2 Å². The first kappa shape index (κ1) is 14.2. The summed E-state index contributed by atoms with van der Waals surface area (Å²) < 4.78 is 5.58. The molecule has 1 aromatic rings. The first-order chi connectivity index (χ1) is 9.11. The van der Waals surface area contributed by atoms with Gasteiger partial charge < -0.3 is 15.4 Å². The zero-order valence-electron chi connectivity index (χ0n) is 11.1. The van der Waals surface area contributed by atoms with Gasteiger partial charge in [0.2, 0.25) is 0 Å². The smallest absolute Gasteiger partial charge is 0.255 e. The van der Waals surface area contributed by atoms with Gasteiger partial charge in [0.05, 0.1) is 16.7 Å². The second-order valence-corrected chi connectivity index (χ2v) is 5.09. The van der Waals surface area contributed by atoms with Crippen molar-refractivity contribution >= 4 is 23.2 Å². The lowest BCUT2D eigenvalue weighted by Crippen LogP contribution is -2.41. The van der Waals surface area contributed by atoms with Crippen molar-refractivity contribution in [3.63, 3.8) is 0 Å². The monoisotopic (exact) mass is 282 g/mol. The van der Waals surface area contributed by atoms with E-state index in [0.29, 0.717) is 29.4 Å². The van der Waals surface area contributed by atoms with Crippen molar-refractivity contribution in [1.29, 1.82) is 0 Å². The second kappa shape index (κ2) is 6.26. The third kappa shape index (κ3) is 3.39. The average molecular weight is 283 g/mol. The van der Waals surface area contributed by atoms with Crippen LogP contribution in [-0.2, 0) is 4.74 Å². The SMILES string of the molecule is CCOC1CCN(C(=O)c2ccc(N)cc2Cl)CC1. The van der Waals surface area contributed by atoms with Crippen molar-refractivity contribution in [2.24, 2.45) is 0 Å². The molecule has 4 nitrogen and oxygen atoms in total. The zero-order valence-corrected chi connectivity index (χ0v) is 11.8. The molecule has 0 saturated carbocycles. The van der Waals surface area contributed by atoms with Gasteiger partial charge in [-0.15, -0.1) is 0 Å². The average Bonchev–Trinajstić information content (AvgIpc) is 2.39. The molecule has 0 spiro atoms. The summed E-state index contributed by atoms with van der Waals surface area (Å²) in [6, 6.07) is 5.00. The Labute approximate surface area is 118 Å². The number of amides is 1. The number of nitrogen functional groups attached to an aromatic ring is 1. The Balaban J connectivity index is 2.01. The predicted octanol–water partition coefficient (Wildman–Crippen LogP) is 2.56. The molecule has 2 N–H and O–H groups in total. The molecule has 0 aromatic heterocycles. The van der Waals surface area contributed by atoms with Crippen molar-refractivity contribution in [3.8, 4) is 0 Å². The van der Waals surface area contributed by atoms with Gasteiger partial charge in [-0.2, -0.15) is 0 Å². The quantitative estimate of drug-likeness (QED) is 0.867. The van der Waals surface area contributed by atoms with Crippen molar-refractivity contribution in [2.45, 2.75) is 25.9 Å². The highest BCUT2D eigenvalue weighted by molar-refractivity contribution is 6.34. The maximum absolute atomic E-state index is 12.4. The van der Waals surface area contributed by atoms with Crippen molar-refractivity contribution in [1.82, 2.24) is 4.90 Å². The second-order valence-electron chi connectivity index (χ2n) is 4.69. The Kier molecular flexibility index (Phi) is 4.66. The molecule has 1 aromatic carbocycles. The van der Waals surface area contributed by atoms with Gasteiger partial charge in [-0.25, -0.2) is 0 Å². The molecule has 1 amide bonds. The lowest BCUT2D eigenvalue weighted by molar-refractivity contribution is 0.0146. The number of piperidine rings is 1. The van der Waals surface area contributed by atoms with Crippen molar-refractivity contribution in [3.05, 3.63) is 28.8 Å². The third-order valence-electron chi connectivity index (χ3n) is 3.36. The van der Waals surface area contributed by atoms with E-state index in [4.69, 9.17) is 22.1 Å². The first-order valence-corrected chi connectivity index (χ1v) is 6.95. The maximum Gasteiger partial charge on any atom is 0.255 e. The predicted molar refractivity (Wildman–Crippen MR) is 76.4 cm³/mol. The van der Waals surface area contributed by atoms with Crippen LogP contribution in [0.5, 0.6) is 0 Å². The van der Waals surface area contributed by atoms with E-state index in [-0.39, 0.29) is 12.0 Å². The molecule has 1 aliphatic heterocycles. The summed E-state index contributed by atoms with van der Waals surface area (Å²) in [6.45, 7) is 4.14. The lowest BCUT2D eigenvalue weighted by atomic mass is 10.1. The van der Waals surface area contributed by atoms with Gasteiger partial charge in [-0.3, -0.25) is 4.79 Å². The van der Waals surface area contributed by atoms with E-state index < -0.39 is 0 Å². The number of anilines is 1. The highest BCUT2D eigenvalue weighted by Crippen LogP contribution is 2.23. The fourth-order valence-corrected chi connectivity index (χ4v) is 2.61. The Morgan fingerprint density at radius 3 is 2.74 bits per heavy atom. The number of nitrogens with two attached hydrogens (primary N) is 1. The number of ether oxygens (including phenoxy) is 1. The largest absolute Gasteiger partial charge is 0.399 e. The number of hydrogen-bond donors (Lipinski definition) is 1. The summed E-state index contributed by atoms with van der Waals surface area (Å²) in [5.41, 5.74) is 6.72. The summed E-state index contributed by atoms with van der Waals surface area (Å²) in [5, 5.41) is 0.414. The van der Waals surface area contributed by atoms with Gasteiger partial charge in [-0.05, 0) is 38.0 Å². The summed E-state index contributed by atoms with van der Waals surface area (Å²) in [6.07, 6.45) is 2.04. The Morgan fingerprint density at radius 1 is 1.47 bits per heavy atom. The number of nitrogens with zero attached hydrogens (tertiary/aromatic N) is 1. The van der Waals surface area contributed by atoms with Crippen molar-refractivity contribution < 1.29 is 9.53 Å². The molecule has 0 aliphatic carbocycles. The van der Waals surface area contributed by atoms with E-state index >= 15 is 0 Å². The Hall–Kier alpha value is -1.26. The molecule has 0 atom stereocenters. The third-order valence-corrected chi connectivity index (χ3v) is 3.67. The summed E-state index contributed by atoms with van der Waals surface area (Å²) in [4.78, 5) is 14.2. The minimum Gasteiger partial charge on any atom is -0.399 e. The number of rotatable bonds is 3.